The van der Waals surface area contributed by atoms with E-state index in [1.54, 1.807) is 0 Å². The van der Waals surface area contributed by atoms with E-state index in [2.05, 4.69) is 329 Å². The Morgan fingerprint density at radius 1 is 0.283 bits per heavy atom. The molecule has 0 unspecified atom stereocenters. The molecule has 14 heteroatoms. The summed E-state index contributed by atoms with van der Waals surface area (Å²) in [6, 6.07) is 79.5. The van der Waals surface area contributed by atoms with Crippen molar-refractivity contribution >= 4 is 53.4 Å². The maximum Gasteiger partial charge on any atom is 0.120 e. The number of aromatic nitrogens is 8. The molecule has 0 bridgehead atoms. The molecule has 0 saturated carbocycles. The van der Waals surface area contributed by atoms with Gasteiger partial charge in [0.1, 0.15) is 5.58 Å². The number of hydrogen-bond acceptors (Lipinski definition) is 6. The third-order valence-corrected chi connectivity index (χ3v) is 21.8. The van der Waals surface area contributed by atoms with E-state index in [0.717, 1.165) is 67.5 Å². The molecule has 590 valence electrons. The summed E-state index contributed by atoms with van der Waals surface area (Å²) in [5, 5.41) is 4.79. The smallest absolute Gasteiger partial charge is 0.120 e. The fourth-order valence-electron chi connectivity index (χ4n) is 15.0. The third kappa shape index (κ3) is 19.0. The van der Waals surface area contributed by atoms with Crippen LogP contribution in [0.2, 0.25) is 0 Å². The second-order valence-electron chi connectivity index (χ2n) is 31.3. The number of imidazole rings is 4. The van der Waals surface area contributed by atoms with Crippen LogP contribution < -0.4 is 0 Å². The molecule has 0 aliphatic carbocycles. The van der Waals surface area contributed by atoms with Crippen LogP contribution in [0.25, 0.3) is 110 Å². The Hall–Kier alpha value is -8.34. The Labute approximate surface area is 728 Å². The normalized spacial score (nSPS) is 11.4. The second-order valence-corrected chi connectivity index (χ2v) is 32.4. The molecule has 0 N–H and O–H groups in total. The van der Waals surface area contributed by atoms with Crippen LogP contribution in [0.4, 0.5) is 0 Å². The van der Waals surface area contributed by atoms with Crippen LogP contribution in [0, 0.1) is 24.3 Å². The Bertz CT molecular complexity index is 5470. The maximum atomic E-state index is 5.98. The minimum atomic E-state index is 0. The predicted octanol–water partition coefficient (Wildman–Crippen LogP) is 27.7. The summed E-state index contributed by atoms with van der Waals surface area (Å²) in [5.41, 5.74) is 23.1. The molecule has 10 aromatic carbocycles. The zero-order chi connectivity index (χ0) is 76.9. The summed E-state index contributed by atoms with van der Waals surface area (Å²) in [4.78, 5) is 18.8. The van der Waals surface area contributed by atoms with Crippen molar-refractivity contribution in [2.45, 2.75) is 178 Å². The van der Waals surface area contributed by atoms with Crippen LogP contribution in [0.15, 0.2) is 242 Å². The monoisotopic (exact) mass is 2220 g/mol. The third-order valence-electron chi connectivity index (χ3n) is 20.7. The van der Waals surface area contributed by atoms with E-state index in [1.165, 1.54) is 93.0 Å². The van der Waals surface area contributed by atoms with Gasteiger partial charge >= 0.3 is 0 Å². The van der Waals surface area contributed by atoms with E-state index >= 15 is 0 Å². The largest absolute Gasteiger partial charge is 0.500 e. The predicted molar refractivity (Wildman–Crippen MR) is 458 cm³/mol. The molecule has 0 aliphatic rings. The number of rotatable bonds is 17. The fraction of sp³-hybridized carbons (Fsp3) is 0.273. The van der Waals surface area contributed by atoms with E-state index < -0.39 is 0 Å². The molecule has 0 aliphatic heterocycles. The molecule has 0 spiro atoms. The van der Waals surface area contributed by atoms with Crippen LogP contribution in [0.5, 0.6) is 0 Å². The molecule has 6 heterocycles. The Balaban J connectivity index is 0.000000172. The number of nitrogens with zero attached hydrogens (tertiary/aromatic N) is 8. The number of para-hydroxylation sites is 4. The van der Waals surface area contributed by atoms with Crippen LogP contribution >= 0.6 is 11.3 Å². The molecule has 0 atom stereocenters. The molecule has 4 radical (unpaired) electrons. The minimum Gasteiger partial charge on any atom is -0.500 e. The molecule has 0 fully saturated rings. The van der Waals surface area contributed by atoms with Gasteiger partial charge in [-0.1, -0.05) is 239 Å². The van der Waals surface area contributed by atoms with Gasteiger partial charge in [0, 0.05) is 163 Å². The van der Waals surface area contributed by atoms with Crippen molar-refractivity contribution in [3.8, 4) is 68.3 Å². The molecular weight excluding hydrogens is 2120 g/mol. The molecule has 6 aromatic heterocycles. The summed E-state index contributed by atoms with van der Waals surface area (Å²) in [6.07, 6.45) is 15.8. The number of fused-ring (bicyclic) bond motifs is 6. The van der Waals surface area contributed by atoms with Gasteiger partial charge in [0.2, 0.25) is 0 Å². The molecule has 9 nitrogen and oxygen atoms in total. The Kier molecular flexibility index (Phi) is 30.8. The van der Waals surface area contributed by atoms with Gasteiger partial charge < -0.3 is 22.7 Å². The van der Waals surface area contributed by atoms with Crippen LogP contribution in [-0.2, 0) is 80.4 Å². The van der Waals surface area contributed by atoms with Gasteiger partial charge in [-0.15, -0.1) is 119 Å². The van der Waals surface area contributed by atoms with Crippen molar-refractivity contribution < 1.29 is 84.8 Å². The average Bonchev–Trinajstić information content (AvgIpc) is 1.75. The molecule has 113 heavy (non-hydrogen) atoms. The number of thiophene rings is 1. The topological polar surface area (TPSA) is 84.4 Å². The van der Waals surface area contributed by atoms with Crippen molar-refractivity contribution in [1.29, 1.82) is 0 Å². The van der Waals surface area contributed by atoms with Crippen LogP contribution in [0.1, 0.15) is 228 Å². The van der Waals surface area contributed by atoms with E-state index in [0.29, 0.717) is 53.3 Å². The summed E-state index contributed by atoms with van der Waals surface area (Å²) in [5.74, 6) is 7.75. The van der Waals surface area contributed by atoms with Crippen molar-refractivity contribution in [2.24, 2.45) is 0 Å². The van der Waals surface area contributed by atoms with E-state index in [1.807, 2.05) is 96.8 Å². The van der Waals surface area contributed by atoms with Crippen LogP contribution in [0.3, 0.4) is 0 Å². The van der Waals surface area contributed by atoms with Crippen molar-refractivity contribution in [2.75, 3.05) is 0 Å². The zero-order valence-corrected chi connectivity index (χ0v) is 78.3. The summed E-state index contributed by atoms with van der Waals surface area (Å²) in [7, 11) is 0. The fourth-order valence-corrected chi connectivity index (χ4v) is 16.0. The van der Waals surface area contributed by atoms with E-state index in [4.69, 9.17) is 14.4 Å². The Morgan fingerprint density at radius 3 is 0.991 bits per heavy atom. The SMILES string of the molecule is CC(C)c1cc(C(C)C)c(-n2ccnc2-c2[c-]cccc2)c(C(C)C)c1.CC(C)c1cccc(C(C)C)c1-n1ccnc1-c1[c-]cc2oc3ccccc3c2c1.CC(C)c1cccc(C(C)C)c1-n1ccnc1-c1[c-]cc2sc3ccccc3c2c1.CC(C)c1cccc(C(C)C)c1-n1ccnc1-c1[c-]cccc1.[Ir].[Ir].[Ir].[Ir]. The molecule has 0 saturated heterocycles. The van der Waals surface area contributed by atoms with E-state index in [9.17, 15) is 0 Å². The van der Waals surface area contributed by atoms with Crippen LogP contribution in [-0.4, -0.2) is 38.2 Å². The number of furan rings is 1. The van der Waals surface area contributed by atoms with Gasteiger partial charge in [-0.25, -0.2) is 0 Å². The van der Waals surface area contributed by atoms with Gasteiger partial charge in [0.15, 0.2) is 0 Å². The Morgan fingerprint density at radius 2 is 0.619 bits per heavy atom. The number of hydrogen-bond donors (Lipinski definition) is 0. The zero-order valence-electron chi connectivity index (χ0n) is 67.9. The summed E-state index contributed by atoms with van der Waals surface area (Å²) < 4.78 is 17.5. The van der Waals surface area contributed by atoms with E-state index in [-0.39, 0.29) is 80.4 Å². The summed E-state index contributed by atoms with van der Waals surface area (Å²) in [6.45, 7) is 40.6. The summed E-state index contributed by atoms with van der Waals surface area (Å²) >= 11 is 1.82. The first-order valence-electron chi connectivity index (χ1n) is 38.9. The first kappa shape index (κ1) is 88.6. The van der Waals surface area contributed by atoms with Gasteiger partial charge in [0.25, 0.3) is 0 Å². The standard InChI is InChI=1S/C27H25N2O.C27H25N2S.C24H29N2.C21H23N2.4Ir/c2*1-17(2)20-9-7-10-21(18(3)4)26(20)29-15-14-28-27(29)19-12-13-25-23(16-19)22-8-5-6-11-24(22)30-25;1-16(2)20-14-21(17(3)4)23(22(15-20)18(5)6)26-13-12-25-24(26)19-10-8-7-9-11-19;1-15(2)18-11-8-12-19(16(3)4)20(18)23-14-13-22-21(23)17-9-6-5-7-10-17;;;;/h2*5-11,13-18H,1-4H3;7-10,12-18H,1-6H3;5-9,11-16H,1-4H3;;;;/q4*-1;;;;. The second kappa shape index (κ2) is 39.3. The first-order valence-corrected chi connectivity index (χ1v) is 39.7. The van der Waals surface area contributed by atoms with Crippen molar-refractivity contribution in [3.63, 3.8) is 0 Å². The number of benzene rings is 10. The quantitative estimate of drug-likeness (QED) is 0.0848. The van der Waals surface area contributed by atoms with Crippen molar-refractivity contribution in [1.82, 2.24) is 38.2 Å². The molecule has 16 aromatic rings. The molecule has 0 amide bonds. The minimum absolute atomic E-state index is 0. The van der Waals surface area contributed by atoms with Crippen molar-refractivity contribution in [3.05, 3.63) is 312 Å². The van der Waals surface area contributed by atoms with Gasteiger partial charge in [-0.3, -0.25) is 19.9 Å². The van der Waals surface area contributed by atoms with Gasteiger partial charge in [-0.05, 0) is 126 Å². The average molecular weight is 2220 g/mol. The molecular formula is C99H102Ir4N8OS-4. The molecule has 16 rings (SSSR count). The first-order chi connectivity index (χ1) is 52.6. The van der Waals surface area contributed by atoms with Gasteiger partial charge in [-0.2, -0.15) is 11.3 Å². The van der Waals surface area contributed by atoms with Gasteiger partial charge in [0.05, 0.1) is 28.9 Å². The maximum absolute atomic E-state index is 5.98.